The van der Waals surface area contributed by atoms with Crippen LogP contribution in [0.15, 0.2) is 18.2 Å². The number of nitriles is 1. The van der Waals surface area contributed by atoms with E-state index in [-0.39, 0.29) is 5.56 Å². The molecule has 0 aromatic heterocycles. The Morgan fingerprint density at radius 3 is 2.05 bits per heavy atom. The standard InChI is InChI=1S/C17H25FN2/c1-13(2)7-9-20(10-8-14(3)4)16-6-5-15(12-19)17(18)11-16/h5-6,11,13-14H,7-10H2,1-4H3. The van der Waals surface area contributed by atoms with E-state index in [0.717, 1.165) is 31.6 Å². The molecule has 0 aliphatic carbocycles. The van der Waals surface area contributed by atoms with E-state index in [1.165, 1.54) is 6.07 Å². The topological polar surface area (TPSA) is 27.0 Å². The predicted octanol–water partition coefficient (Wildman–Crippen LogP) is 4.60. The number of hydrogen-bond acceptors (Lipinski definition) is 2. The van der Waals surface area contributed by atoms with E-state index in [0.29, 0.717) is 11.8 Å². The number of benzene rings is 1. The Labute approximate surface area is 122 Å². The molecule has 0 atom stereocenters. The van der Waals surface area contributed by atoms with E-state index in [2.05, 4.69) is 32.6 Å². The van der Waals surface area contributed by atoms with Crippen LogP contribution in [0.5, 0.6) is 0 Å². The Bertz CT molecular complexity index is 449. The summed E-state index contributed by atoms with van der Waals surface area (Å²) in [6.45, 7) is 10.6. The Morgan fingerprint density at radius 2 is 1.65 bits per heavy atom. The van der Waals surface area contributed by atoms with Gasteiger partial charge in [-0.2, -0.15) is 5.26 Å². The van der Waals surface area contributed by atoms with Crippen LogP contribution < -0.4 is 4.90 Å². The van der Waals surface area contributed by atoms with Crippen LogP contribution in [0.1, 0.15) is 46.1 Å². The van der Waals surface area contributed by atoms with Gasteiger partial charge in [0.2, 0.25) is 0 Å². The number of halogens is 1. The second kappa shape index (κ2) is 7.89. The Balaban J connectivity index is 2.85. The van der Waals surface area contributed by atoms with Crippen LogP contribution >= 0.6 is 0 Å². The third-order valence-corrected chi connectivity index (χ3v) is 3.39. The van der Waals surface area contributed by atoms with Gasteiger partial charge in [0.25, 0.3) is 0 Å². The highest BCUT2D eigenvalue weighted by Crippen LogP contribution is 2.20. The summed E-state index contributed by atoms with van der Waals surface area (Å²) in [4.78, 5) is 2.23. The van der Waals surface area contributed by atoms with Crippen LogP contribution in [-0.2, 0) is 0 Å². The van der Waals surface area contributed by atoms with Crippen LogP contribution in [0, 0.1) is 29.0 Å². The smallest absolute Gasteiger partial charge is 0.143 e. The average molecular weight is 276 g/mol. The first-order chi connectivity index (χ1) is 9.43. The molecule has 1 aromatic carbocycles. The van der Waals surface area contributed by atoms with Crippen molar-refractivity contribution in [2.75, 3.05) is 18.0 Å². The van der Waals surface area contributed by atoms with Crippen molar-refractivity contribution in [1.82, 2.24) is 0 Å². The molecule has 0 amide bonds. The maximum absolute atomic E-state index is 13.8. The maximum atomic E-state index is 13.8. The van der Waals surface area contributed by atoms with Crippen molar-refractivity contribution >= 4 is 5.69 Å². The van der Waals surface area contributed by atoms with Gasteiger partial charge in [0.1, 0.15) is 11.9 Å². The molecule has 3 heteroatoms. The van der Waals surface area contributed by atoms with Gasteiger partial charge in [-0.15, -0.1) is 0 Å². The highest BCUT2D eigenvalue weighted by molar-refractivity contribution is 5.50. The first kappa shape index (κ1) is 16.5. The van der Waals surface area contributed by atoms with E-state index in [1.54, 1.807) is 6.07 Å². The van der Waals surface area contributed by atoms with Crippen molar-refractivity contribution in [2.45, 2.75) is 40.5 Å². The minimum absolute atomic E-state index is 0.112. The Hall–Kier alpha value is -1.56. The summed E-state index contributed by atoms with van der Waals surface area (Å²) in [5.74, 6) is 0.823. The summed E-state index contributed by atoms with van der Waals surface area (Å²) in [5, 5.41) is 8.80. The SMILES string of the molecule is CC(C)CCN(CCC(C)C)c1ccc(C#N)c(F)c1. The molecule has 110 valence electrons. The van der Waals surface area contributed by atoms with E-state index in [9.17, 15) is 4.39 Å². The largest absolute Gasteiger partial charge is 0.371 e. The third kappa shape index (κ3) is 5.21. The molecule has 0 saturated carbocycles. The lowest BCUT2D eigenvalue weighted by Gasteiger charge is -2.26. The molecule has 20 heavy (non-hydrogen) atoms. The van der Waals surface area contributed by atoms with Gasteiger partial charge in [-0.1, -0.05) is 27.7 Å². The van der Waals surface area contributed by atoms with Gasteiger partial charge in [-0.3, -0.25) is 0 Å². The lowest BCUT2D eigenvalue weighted by Crippen LogP contribution is -2.27. The minimum atomic E-state index is -0.427. The predicted molar refractivity (Wildman–Crippen MR) is 82.2 cm³/mol. The van der Waals surface area contributed by atoms with E-state index in [4.69, 9.17) is 5.26 Å². The highest BCUT2D eigenvalue weighted by Gasteiger charge is 2.11. The second-order valence-electron chi connectivity index (χ2n) is 6.13. The molecule has 0 bridgehead atoms. The molecule has 2 nitrogen and oxygen atoms in total. The molecule has 0 radical (unpaired) electrons. The quantitative estimate of drug-likeness (QED) is 0.728. The molecule has 0 unspecified atom stereocenters. The number of hydrogen-bond donors (Lipinski definition) is 0. The summed E-state index contributed by atoms with van der Waals surface area (Å²) >= 11 is 0. The highest BCUT2D eigenvalue weighted by atomic mass is 19.1. The second-order valence-corrected chi connectivity index (χ2v) is 6.13. The molecule has 0 aliphatic rings. The first-order valence-corrected chi connectivity index (χ1v) is 7.38. The number of anilines is 1. The summed E-state index contributed by atoms with van der Waals surface area (Å²) in [7, 11) is 0. The van der Waals surface area contributed by atoms with Crippen LogP contribution in [-0.4, -0.2) is 13.1 Å². The number of nitrogens with zero attached hydrogens (tertiary/aromatic N) is 2. The third-order valence-electron chi connectivity index (χ3n) is 3.39. The van der Waals surface area contributed by atoms with Gasteiger partial charge < -0.3 is 4.90 Å². The average Bonchev–Trinajstić information content (AvgIpc) is 2.38. The summed E-state index contributed by atoms with van der Waals surface area (Å²) in [6.07, 6.45) is 2.17. The lowest BCUT2D eigenvalue weighted by atomic mass is 10.1. The monoisotopic (exact) mass is 276 g/mol. The molecule has 0 aliphatic heterocycles. The summed E-state index contributed by atoms with van der Waals surface area (Å²) < 4.78 is 13.8. The molecule has 0 N–H and O–H groups in total. The van der Waals surface area contributed by atoms with Crippen LogP contribution in [0.3, 0.4) is 0 Å². The van der Waals surface area contributed by atoms with Gasteiger partial charge in [0, 0.05) is 18.8 Å². The van der Waals surface area contributed by atoms with Crippen LogP contribution in [0.4, 0.5) is 10.1 Å². The fraction of sp³-hybridized carbons (Fsp3) is 0.588. The normalized spacial score (nSPS) is 10.9. The molecular weight excluding hydrogens is 251 g/mol. The molecular formula is C17H25FN2. The molecule has 0 saturated heterocycles. The maximum Gasteiger partial charge on any atom is 0.143 e. The molecule has 0 heterocycles. The van der Waals surface area contributed by atoms with Gasteiger partial charge in [0.05, 0.1) is 5.56 Å². The molecule has 1 rings (SSSR count). The fourth-order valence-electron chi connectivity index (χ4n) is 1.99. The van der Waals surface area contributed by atoms with Crippen molar-refractivity contribution in [2.24, 2.45) is 11.8 Å². The van der Waals surface area contributed by atoms with Crippen LogP contribution in [0.25, 0.3) is 0 Å². The summed E-state index contributed by atoms with van der Waals surface area (Å²) in [6, 6.07) is 6.77. The van der Waals surface area contributed by atoms with Gasteiger partial charge in [-0.25, -0.2) is 4.39 Å². The molecule has 0 fully saturated rings. The zero-order chi connectivity index (χ0) is 15.1. The van der Waals surface area contributed by atoms with Crippen molar-refractivity contribution in [1.29, 1.82) is 5.26 Å². The zero-order valence-corrected chi connectivity index (χ0v) is 13.0. The Kier molecular flexibility index (Phi) is 6.51. The summed E-state index contributed by atoms with van der Waals surface area (Å²) in [5.41, 5.74) is 0.990. The molecule has 1 aromatic rings. The van der Waals surface area contributed by atoms with E-state index < -0.39 is 5.82 Å². The van der Waals surface area contributed by atoms with Crippen molar-refractivity contribution < 1.29 is 4.39 Å². The molecule has 0 spiro atoms. The zero-order valence-electron chi connectivity index (χ0n) is 13.0. The fourth-order valence-corrected chi connectivity index (χ4v) is 1.99. The van der Waals surface area contributed by atoms with Crippen molar-refractivity contribution in [3.8, 4) is 6.07 Å². The van der Waals surface area contributed by atoms with Crippen LogP contribution in [0.2, 0.25) is 0 Å². The first-order valence-electron chi connectivity index (χ1n) is 7.38. The van der Waals surface area contributed by atoms with Gasteiger partial charge in [-0.05, 0) is 42.9 Å². The lowest BCUT2D eigenvalue weighted by molar-refractivity contribution is 0.534. The van der Waals surface area contributed by atoms with Gasteiger partial charge >= 0.3 is 0 Å². The Morgan fingerprint density at radius 1 is 1.10 bits per heavy atom. The minimum Gasteiger partial charge on any atom is -0.371 e. The van der Waals surface area contributed by atoms with E-state index in [1.807, 2.05) is 12.1 Å². The van der Waals surface area contributed by atoms with Crippen molar-refractivity contribution in [3.05, 3.63) is 29.6 Å². The van der Waals surface area contributed by atoms with Crippen molar-refractivity contribution in [3.63, 3.8) is 0 Å². The number of rotatable bonds is 7. The van der Waals surface area contributed by atoms with Gasteiger partial charge in [0.15, 0.2) is 0 Å². The van der Waals surface area contributed by atoms with E-state index >= 15 is 0 Å².